The Morgan fingerprint density at radius 2 is 1.19 bits per heavy atom. The van der Waals surface area contributed by atoms with Crippen LogP contribution in [-0.4, -0.2) is 58.8 Å². The Morgan fingerprint density at radius 1 is 0.660 bits per heavy atom. The maximum absolute atomic E-state index is 12.8. The molecule has 7 rings (SSSR count). The van der Waals surface area contributed by atoms with Crippen LogP contribution < -0.4 is 36.1 Å². The lowest BCUT2D eigenvalue weighted by Crippen LogP contribution is -2.28. The summed E-state index contributed by atoms with van der Waals surface area (Å²) in [5.74, 6) is 1.04. The van der Waals surface area contributed by atoms with Crippen molar-refractivity contribution in [2.24, 2.45) is 0 Å². The lowest BCUT2D eigenvalue weighted by molar-refractivity contribution is 0.0979. The van der Waals surface area contributed by atoms with Gasteiger partial charge < -0.3 is 30.2 Å². The van der Waals surface area contributed by atoms with Crippen molar-refractivity contribution in [2.45, 2.75) is 33.5 Å². The first-order chi connectivity index (χ1) is 25.8. The predicted molar refractivity (Wildman–Crippen MR) is 197 cm³/mol. The first kappa shape index (κ1) is 35.7. The van der Waals surface area contributed by atoms with Gasteiger partial charge in [-0.15, -0.1) is 9.46 Å². The molecule has 270 valence electrons. The highest BCUT2D eigenvalue weighted by Gasteiger charge is 2.16. The van der Waals surface area contributed by atoms with Gasteiger partial charge in [-0.05, 0) is 31.5 Å². The minimum Gasteiger partial charge on any atom is -0.481 e. The van der Waals surface area contributed by atoms with Crippen molar-refractivity contribution in [2.75, 3.05) is 24.9 Å². The van der Waals surface area contributed by atoms with Crippen LogP contribution in [0.5, 0.6) is 11.8 Å². The van der Waals surface area contributed by atoms with Crippen molar-refractivity contribution in [1.82, 2.24) is 39.4 Å². The third-order valence-corrected chi connectivity index (χ3v) is 8.14. The molecule has 0 saturated heterocycles. The first-order valence-corrected chi connectivity index (χ1v) is 16.3. The lowest BCUT2D eigenvalue weighted by atomic mass is 10.2. The van der Waals surface area contributed by atoms with Crippen LogP contribution in [0.15, 0.2) is 101 Å². The number of nitrogens with zero attached hydrogens (tertiary/aromatic N) is 8. The normalized spacial score (nSPS) is 10.7. The molecule has 0 fully saturated rings. The molecular weight excluding hydrogens is 680 g/mol. The predicted octanol–water partition coefficient (Wildman–Crippen LogP) is 4.10. The number of rotatable bonds is 11. The number of nitrogens with one attached hydrogen (secondary N) is 2. The summed E-state index contributed by atoms with van der Waals surface area (Å²) in [6, 6.07) is 19.9. The molecule has 0 amide bonds. The molecule has 0 aliphatic carbocycles. The van der Waals surface area contributed by atoms with Crippen molar-refractivity contribution in [3.63, 3.8) is 0 Å². The van der Waals surface area contributed by atoms with Crippen molar-refractivity contribution in [3.8, 4) is 11.8 Å². The molecule has 0 bridgehead atoms. The monoisotopic (exact) mass is 716 g/mol. The summed E-state index contributed by atoms with van der Waals surface area (Å²) >= 11 is 0. The highest BCUT2D eigenvalue weighted by Crippen LogP contribution is 2.25. The second-order valence-corrected chi connectivity index (χ2v) is 11.5. The van der Waals surface area contributed by atoms with E-state index in [9.17, 15) is 14.8 Å². The van der Waals surface area contributed by atoms with Gasteiger partial charge in [-0.2, -0.15) is 0 Å². The Balaban J connectivity index is 0.000000188. The number of hydrogen-bond donors (Lipinski definition) is 3. The average Bonchev–Trinajstić information content (AvgIpc) is 3.18. The van der Waals surface area contributed by atoms with E-state index in [1.807, 2.05) is 55.5 Å². The van der Waals surface area contributed by atoms with E-state index >= 15 is 0 Å². The summed E-state index contributed by atoms with van der Waals surface area (Å²) in [5.41, 5.74) is 4.88. The Kier molecular flexibility index (Phi) is 11.0. The number of methoxy groups -OCH3 is 2. The number of aromatic nitrogens is 8. The number of fused-ring (bicyclic) bond motifs is 2. The molecule has 16 heteroatoms. The molecular formula is C37H36N10O6. The van der Waals surface area contributed by atoms with Gasteiger partial charge in [0.05, 0.1) is 47.8 Å². The Hall–Kier alpha value is -7.10. The first-order valence-electron chi connectivity index (χ1n) is 16.3. The minimum absolute atomic E-state index is 0.158. The molecule has 7 aromatic rings. The largest absolute Gasteiger partial charge is 0.481 e. The highest BCUT2D eigenvalue weighted by molar-refractivity contribution is 5.91. The molecule has 0 saturated carbocycles. The van der Waals surface area contributed by atoms with Gasteiger partial charge in [0.25, 0.3) is 11.1 Å². The summed E-state index contributed by atoms with van der Waals surface area (Å²) in [5, 5.41) is 17.6. The van der Waals surface area contributed by atoms with Gasteiger partial charge in [0.15, 0.2) is 11.3 Å². The second kappa shape index (κ2) is 16.3. The van der Waals surface area contributed by atoms with Crippen molar-refractivity contribution < 1.29 is 19.5 Å². The van der Waals surface area contributed by atoms with Gasteiger partial charge in [-0.25, -0.2) is 29.9 Å². The van der Waals surface area contributed by atoms with Gasteiger partial charge in [-0.3, -0.25) is 9.59 Å². The number of benzene rings is 1. The van der Waals surface area contributed by atoms with E-state index in [4.69, 9.17) is 14.3 Å². The quantitative estimate of drug-likeness (QED) is 0.162. The van der Waals surface area contributed by atoms with Crippen LogP contribution in [0.3, 0.4) is 0 Å². The summed E-state index contributed by atoms with van der Waals surface area (Å²) in [6.07, 6.45) is 6.04. The van der Waals surface area contributed by atoms with E-state index in [1.54, 1.807) is 39.6 Å². The average molecular weight is 717 g/mol. The number of ether oxygens (including phenoxy) is 2. The SMILES string of the molecule is COc1ncccc1CNc1cc(=O)n(O)c2ncnc(C)c12.COc1ncccc1CNc1cc(=O)n(OCc2ccccc2)c2ncnc(C)c12. The van der Waals surface area contributed by atoms with E-state index in [0.29, 0.717) is 63.1 Å². The fourth-order valence-electron chi connectivity index (χ4n) is 5.57. The highest BCUT2D eigenvalue weighted by atomic mass is 16.7. The lowest BCUT2D eigenvalue weighted by Gasteiger charge is -2.16. The van der Waals surface area contributed by atoms with Crippen LogP contribution in [-0.2, 0) is 19.7 Å². The molecule has 6 aromatic heterocycles. The fraction of sp³-hybridized carbons (Fsp3) is 0.189. The van der Waals surface area contributed by atoms with E-state index < -0.39 is 5.56 Å². The van der Waals surface area contributed by atoms with E-state index in [0.717, 1.165) is 22.4 Å². The molecule has 0 radical (unpaired) electrons. The van der Waals surface area contributed by atoms with Crippen LogP contribution in [0.1, 0.15) is 28.1 Å². The molecule has 6 heterocycles. The smallest absolute Gasteiger partial charge is 0.287 e. The Morgan fingerprint density at radius 3 is 1.75 bits per heavy atom. The zero-order valence-corrected chi connectivity index (χ0v) is 29.3. The zero-order valence-electron chi connectivity index (χ0n) is 29.3. The summed E-state index contributed by atoms with van der Waals surface area (Å²) in [7, 11) is 3.12. The minimum atomic E-state index is -0.573. The molecule has 0 aliphatic rings. The fourth-order valence-corrected chi connectivity index (χ4v) is 5.57. The Labute approximate surface area is 302 Å². The Bertz CT molecular complexity index is 2490. The maximum Gasteiger partial charge on any atom is 0.287 e. The van der Waals surface area contributed by atoms with Gasteiger partial charge in [-0.1, -0.05) is 42.5 Å². The third-order valence-electron chi connectivity index (χ3n) is 8.14. The molecule has 3 N–H and O–H groups in total. The van der Waals surface area contributed by atoms with Crippen molar-refractivity contribution in [1.29, 1.82) is 0 Å². The van der Waals surface area contributed by atoms with Crippen LogP contribution in [0, 0.1) is 13.8 Å². The van der Waals surface area contributed by atoms with Crippen molar-refractivity contribution in [3.05, 3.63) is 141 Å². The number of anilines is 2. The second-order valence-electron chi connectivity index (χ2n) is 11.5. The zero-order chi connectivity index (χ0) is 37.3. The standard InChI is InChI=1S/C22H21N5O3.C15H15N5O3/c1-15-20-18(24-12-17-9-6-10-23-22(17)29-2)11-19(28)27(21(20)26-14-25-15)30-13-16-7-4-3-5-8-16;1-9-13-11(6-12(21)20(22)14(13)19-8-18-9)17-7-10-4-3-5-16-15(10)23-2/h3-11,14,24H,12-13H2,1-2H3;3-6,8,17,22H,7H2,1-2H3. The topological polar surface area (TPSA) is 193 Å². The van der Waals surface area contributed by atoms with Gasteiger partial charge in [0.2, 0.25) is 11.8 Å². The van der Waals surface area contributed by atoms with E-state index in [-0.39, 0.29) is 17.8 Å². The van der Waals surface area contributed by atoms with Crippen LogP contribution in [0.2, 0.25) is 0 Å². The molecule has 0 spiro atoms. The third kappa shape index (κ3) is 7.96. The summed E-state index contributed by atoms with van der Waals surface area (Å²) in [4.78, 5) is 55.5. The molecule has 0 atom stereocenters. The number of hydrogen-bond acceptors (Lipinski definition) is 14. The maximum atomic E-state index is 12.8. The molecule has 16 nitrogen and oxygen atoms in total. The number of pyridine rings is 4. The van der Waals surface area contributed by atoms with Gasteiger partial charge in [0.1, 0.15) is 19.3 Å². The molecule has 0 aliphatic heterocycles. The summed E-state index contributed by atoms with van der Waals surface area (Å²) < 4.78 is 12.2. The van der Waals surface area contributed by atoms with Gasteiger partial charge in [0, 0.05) is 48.7 Å². The van der Waals surface area contributed by atoms with Crippen LogP contribution in [0.25, 0.3) is 22.1 Å². The molecule has 1 aromatic carbocycles. The van der Waals surface area contributed by atoms with Gasteiger partial charge >= 0.3 is 0 Å². The summed E-state index contributed by atoms with van der Waals surface area (Å²) in [6.45, 7) is 4.72. The van der Waals surface area contributed by atoms with Crippen LogP contribution in [0.4, 0.5) is 11.4 Å². The van der Waals surface area contributed by atoms with E-state index in [2.05, 4.69) is 40.5 Å². The van der Waals surface area contributed by atoms with Crippen LogP contribution >= 0.6 is 0 Å². The number of aryl methyl sites for hydroxylation is 2. The molecule has 53 heavy (non-hydrogen) atoms. The van der Waals surface area contributed by atoms with Crippen molar-refractivity contribution >= 4 is 33.4 Å². The van der Waals surface area contributed by atoms with E-state index in [1.165, 1.54) is 29.5 Å². The molecule has 0 unspecified atom stereocenters.